The smallest absolute Gasteiger partial charge is 0.0642 e. The number of rotatable bonds is 4. The maximum absolute atomic E-state index is 5.42. The molecule has 1 fully saturated rings. The van der Waals surface area contributed by atoms with Gasteiger partial charge >= 0.3 is 0 Å². The van der Waals surface area contributed by atoms with Crippen LogP contribution in [0, 0.1) is 13.8 Å². The fourth-order valence-electron chi connectivity index (χ4n) is 3.65. The van der Waals surface area contributed by atoms with Gasteiger partial charge in [-0.3, -0.25) is 4.99 Å². The van der Waals surface area contributed by atoms with Crippen molar-refractivity contribution in [2.45, 2.75) is 13.8 Å². The van der Waals surface area contributed by atoms with Gasteiger partial charge in [-0.15, -0.1) is 0 Å². The Balaban J connectivity index is 1.54. The lowest BCUT2D eigenvalue weighted by atomic mass is 10.2. The van der Waals surface area contributed by atoms with Crippen molar-refractivity contribution >= 4 is 33.5 Å². The first-order chi connectivity index (χ1) is 13.6. The standard InChI is InChI=1S/C23H24BrN3O/c1-17-14-19(18(2)27(17)23-5-3-4-20(24)15-23)16-25-21-6-8-22(9-7-21)26-10-12-28-13-11-26/h3-9,14-16H,10-13H2,1-2H3. The van der Waals surface area contributed by atoms with E-state index in [2.05, 4.69) is 87.8 Å². The van der Waals surface area contributed by atoms with Crippen LogP contribution in [0.25, 0.3) is 5.69 Å². The summed E-state index contributed by atoms with van der Waals surface area (Å²) in [5, 5.41) is 0. The summed E-state index contributed by atoms with van der Waals surface area (Å²) in [7, 11) is 0. The molecule has 3 aromatic rings. The summed E-state index contributed by atoms with van der Waals surface area (Å²) in [6, 6.07) is 19.0. The van der Waals surface area contributed by atoms with Crippen molar-refractivity contribution in [2.75, 3.05) is 31.2 Å². The fraction of sp³-hybridized carbons (Fsp3) is 0.261. The van der Waals surface area contributed by atoms with E-state index >= 15 is 0 Å². The van der Waals surface area contributed by atoms with Crippen LogP contribution in [0.5, 0.6) is 0 Å². The molecule has 2 aromatic carbocycles. The summed E-state index contributed by atoms with van der Waals surface area (Å²) in [5.41, 5.74) is 6.86. The van der Waals surface area contributed by atoms with E-state index in [0.717, 1.165) is 47.7 Å². The molecule has 0 unspecified atom stereocenters. The van der Waals surface area contributed by atoms with Crippen molar-refractivity contribution in [3.63, 3.8) is 0 Å². The molecule has 0 N–H and O–H groups in total. The molecule has 1 aliphatic rings. The Hall–Kier alpha value is -2.37. The van der Waals surface area contributed by atoms with E-state index in [0.29, 0.717) is 0 Å². The molecule has 1 aromatic heterocycles. The molecule has 28 heavy (non-hydrogen) atoms. The first-order valence-electron chi connectivity index (χ1n) is 9.53. The van der Waals surface area contributed by atoms with E-state index in [-0.39, 0.29) is 0 Å². The van der Waals surface area contributed by atoms with Crippen molar-refractivity contribution in [3.8, 4) is 5.69 Å². The third kappa shape index (κ3) is 4.05. The summed E-state index contributed by atoms with van der Waals surface area (Å²) < 4.78 is 8.76. The van der Waals surface area contributed by atoms with Gasteiger partial charge in [-0.05, 0) is 62.4 Å². The van der Waals surface area contributed by atoms with Crippen LogP contribution in [0.2, 0.25) is 0 Å². The number of hydrogen-bond acceptors (Lipinski definition) is 3. The summed E-state index contributed by atoms with van der Waals surface area (Å²) in [6.07, 6.45) is 1.96. The molecule has 4 nitrogen and oxygen atoms in total. The number of anilines is 1. The Morgan fingerprint density at radius 2 is 1.71 bits per heavy atom. The number of morpholine rings is 1. The molecule has 1 saturated heterocycles. The molecule has 0 aliphatic carbocycles. The molecule has 4 rings (SSSR count). The summed E-state index contributed by atoms with van der Waals surface area (Å²) in [4.78, 5) is 7.05. The number of aliphatic imine (C=N–C) groups is 1. The van der Waals surface area contributed by atoms with Gasteiger partial charge in [0.25, 0.3) is 0 Å². The number of aryl methyl sites for hydroxylation is 1. The third-order valence-electron chi connectivity index (χ3n) is 5.12. The largest absolute Gasteiger partial charge is 0.378 e. The van der Waals surface area contributed by atoms with Gasteiger partial charge in [0.15, 0.2) is 0 Å². The maximum Gasteiger partial charge on any atom is 0.0642 e. The SMILES string of the molecule is Cc1cc(C=Nc2ccc(N3CCOCC3)cc2)c(C)n1-c1cccc(Br)c1. The average molecular weight is 438 g/mol. The van der Waals surface area contributed by atoms with Crippen LogP contribution in [-0.4, -0.2) is 37.1 Å². The number of benzene rings is 2. The summed E-state index contributed by atoms with van der Waals surface area (Å²) in [6.45, 7) is 7.76. The van der Waals surface area contributed by atoms with E-state index in [1.54, 1.807) is 0 Å². The average Bonchev–Trinajstić information content (AvgIpc) is 3.01. The number of hydrogen-bond donors (Lipinski definition) is 0. The maximum atomic E-state index is 5.42. The molecule has 0 radical (unpaired) electrons. The minimum atomic E-state index is 0.799. The minimum Gasteiger partial charge on any atom is -0.378 e. The number of aromatic nitrogens is 1. The van der Waals surface area contributed by atoms with Gasteiger partial charge in [0.2, 0.25) is 0 Å². The molecule has 5 heteroatoms. The fourth-order valence-corrected chi connectivity index (χ4v) is 4.03. The lowest BCUT2D eigenvalue weighted by Gasteiger charge is -2.28. The Labute approximate surface area is 174 Å². The molecule has 0 amide bonds. The molecular formula is C23H24BrN3O. The van der Waals surface area contributed by atoms with Gasteiger partial charge in [-0.2, -0.15) is 0 Å². The normalized spacial score (nSPS) is 14.8. The first-order valence-corrected chi connectivity index (χ1v) is 10.3. The zero-order valence-electron chi connectivity index (χ0n) is 16.2. The minimum absolute atomic E-state index is 0.799. The lowest BCUT2D eigenvalue weighted by Crippen LogP contribution is -2.36. The van der Waals surface area contributed by atoms with Gasteiger partial charge in [0.05, 0.1) is 18.9 Å². The zero-order valence-corrected chi connectivity index (χ0v) is 17.8. The molecular weight excluding hydrogens is 414 g/mol. The second kappa shape index (κ2) is 8.33. The quantitative estimate of drug-likeness (QED) is 0.508. The highest BCUT2D eigenvalue weighted by Gasteiger charge is 2.11. The molecule has 0 spiro atoms. The predicted octanol–water partition coefficient (Wildman–Crippen LogP) is 5.44. The van der Waals surface area contributed by atoms with Crippen LogP contribution in [0.4, 0.5) is 11.4 Å². The van der Waals surface area contributed by atoms with Gasteiger partial charge in [-0.25, -0.2) is 0 Å². The van der Waals surface area contributed by atoms with Gasteiger partial charge in [0, 0.05) is 52.1 Å². The highest BCUT2D eigenvalue weighted by Crippen LogP contribution is 2.24. The van der Waals surface area contributed by atoms with E-state index in [1.807, 2.05) is 12.3 Å². The first kappa shape index (κ1) is 19.0. The molecule has 0 bridgehead atoms. The van der Waals surface area contributed by atoms with Crippen LogP contribution in [0.15, 0.2) is 64.1 Å². The van der Waals surface area contributed by atoms with Crippen molar-refractivity contribution in [3.05, 3.63) is 76.0 Å². The second-order valence-electron chi connectivity index (χ2n) is 7.02. The third-order valence-corrected chi connectivity index (χ3v) is 5.61. The van der Waals surface area contributed by atoms with Gasteiger partial charge in [-0.1, -0.05) is 22.0 Å². The molecule has 0 atom stereocenters. The van der Waals surface area contributed by atoms with E-state index < -0.39 is 0 Å². The number of nitrogens with zero attached hydrogens (tertiary/aromatic N) is 3. The predicted molar refractivity (Wildman–Crippen MR) is 120 cm³/mol. The zero-order chi connectivity index (χ0) is 19.5. The van der Waals surface area contributed by atoms with Crippen LogP contribution in [-0.2, 0) is 4.74 Å². The Morgan fingerprint density at radius 3 is 2.43 bits per heavy atom. The van der Waals surface area contributed by atoms with Crippen molar-refractivity contribution in [1.82, 2.24) is 4.57 Å². The topological polar surface area (TPSA) is 29.8 Å². The Bertz CT molecular complexity index is 986. The molecule has 144 valence electrons. The highest BCUT2D eigenvalue weighted by molar-refractivity contribution is 9.10. The van der Waals surface area contributed by atoms with Crippen molar-refractivity contribution < 1.29 is 4.74 Å². The van der Waals surface area contributed by atoms with Crippen LogP contribution in [0.1, 0.15) is 17.0 Å². The van der Waals surface area contributed by atoms with Crippen molar-refractivity contribution in [2.24, 2.45) is 4.99 Å². The second-order valence-corrected chi connectivity index (χ2v) is 7.93. The van der Waals surface area contributed by atoms with Crippen molar-refractivity contribution in [1.29, 1.82) is 0 Å². The molecule has 1 aliphatic heterocycles. The van der Waals surface area contributed by atoms with Gasteiger partial charge < -0.3 is 14.2 Å². The van der Waals surface area contributed by atoms with Gasteiger partial charge in [0.1, 0.15) is 0 Å². The molecule has 2 heterocycles. The summed E-state index contributed by atoms with van der Waals surface area (Å²) in [5.74, 6) is 0. The summed E-state index contributed by atoms with van der Waals surface area (Å²) >= 11 is 3.56. The monoisotopic (exact) mass is 437 g/mol. The van der Waals surface area contributed by atoms with Crippen LogP contribution in [0.3, 0.4) is 0 Å². The van der Waals surface area contributed by atoms with E-state index in [9.17, 15) is 0 Å². The van der Waals surface area contributed by atoms with Crippen LogP contribution < -0.4 is 4.90 Å². The number of halogens is 1. The Morgan fingerprint density at radius 1 is 0.964 bits per heavy atom. The van der Waals surface area contributed by atoms with Crippen LogP contribution >= 0.6 is 15.9 Å². The van der Waals surface area contributed by atoms with E-state index in [4.69, 9.17) is 9.73 Å². The Kier molecular flexibility index (Phi) is 5.64. The lowest BCUT2D eigenvalue weighted by molar-refractivity contribution is 0.122. The number of ether oxygens (including phenoxy) is 1. The highest BCUT2D eigenvalue weighted by atomic mass is 79.9. The molecule has 0 saturated carbocycles. The van der Waals surface area contributed by atoms with E-state index in [1.165, 1.54) is 17.1 Å².